The highest BCUT2D eigenvalue weighted by atomic mass is 79.9. The maximum atomic E-state index is 5.97. The number of halogens is 2. The van der Waals surface area contributed by atoms with Crippen LogP contribution in [0.3, 0.4) is 0 Å². The first-order valence-corrected chi connectivity index (χ1v) is 6.79. The van der Waals surface area contributed by atoms with E-state index in [4.69, 9.17) is 11.6 Å². The van der Waals surface area contributed by atoms with Gasteiger partial charge in [0, 0.05) is 13.1 Å². The summed E-state index contributed by atoms with van der Waals surface area (Å²) in [5, 5.41) is 0.459. The first kappa shape index (κ1) is 14.7. The van der Waals surface area contributed by atoms with Crippen molar-refractivity contribution < 1.29 is 0 Å². The normalized spacial score (nSPS) is 10.9. The van der Waals surface area contributed by atoms with Crippen molar-refractivity contribution in [1.29, 1.82) is 0 Å². The smallest absolute Gasteiger partial charge is 0.148 e. The predicted octanol–water partition coefficient (Wildman–Crippen LogP) is 2.67. The van der Waals surface area contributed by atoms with Crippen LogP contribution in [0.1, 0.15) is 13.3 Å². The molecule has 0 atom stereocenters. The molecule has 0 aliphatic heterocycles. The molecule has 96 valence electrons. The van der Waals surface area contributed by atoms with Gasteiger partial charge in [-0.05, 0) is 49.9 Å². The second-order valence-corrected chi connectivity index (χ2v) is 5.19. The Hall–Kier alpha value is -0.390. The molecule has 0 aliphatic carbocycles. The van der Waals surface area contributed by atoms with Crippen molar-refractivity contribution in [3.63, 3.8) is 0 Å². The molecule has 0 amide bonds. The lowest BCUT2D eigenvalue weighted by atomic mass is 10.3. The van der Waals surface area contributed by atoms with Crippen LogP contribution in [-0.4, -0.2) is 48.6 Å². The van der Waals surface area contributed by atoms with E-state index in [2.05, 4.69) is 56.7 Å². The molecule has 0 saturated heterocycles. The lowest BCUT2D eigenvalue weighted by Crippen LogP contribution is -2.28. The number of rotatable bonds is 6. The molecular formula is C11H18BrClN4. The number of hydrogen-bond acceptors (Lipinski definition) is 4. The van der Waals surface area contributed by atoms with Crippen molar-refractivity contribution >= 4 is 33.3 Å². The summed E-state index contributed by atoms with van der Waals surface area (Å²) < 4.78 is 0.772. The Bertz CT molecular complexity index is 359. The quantitative estimate of drug-likeness (QED) is 0.754. The summed E-state index contributed by atoms with van der Waals surface area (Å²) in [6, 6.07) is 0. The zero-order valence-electron chi connectivity index (χ0n) is 10.5. The van der Waals surface area contributed by atoms with Crippen molar-refractivity contribution in [1.82, 2.24) is 14.9 Å². The molecule has 1 heterocycles. The number of aromatic nitrogens is 2. The van der Waals surface area contributed by atoms with E-state index in [-0.39, 0.29) is 0 Å². The zero-order valence-corrected chi connectivity index (χ0v) is 12.8. The molecule has 0 spiro atoms. The van der Waals surface area contributed by atoms with Crippen LogP contribution in [0.15, 0.2) is 10.8 Å². The Balaban J connectivity index is 2.69. The topological polar surface area (TPSA) is 32.3 Å². The average molecular weight is 322 g/mol. The van der Waals surface area contributed by atoms with Crippen LogP contribution in [0, 0.1) is 0 Å². The van der Waals surface area contributed by atoms with Crippen molar-refractivity contribution in [3.05, 3.63) is 16.0 Å². The third-order valence-electron chi connectivity index (χ3n) is 2.44. The molecule has 0 saturated carbocycles. The molecule has 4 nitrogen and oxygen atoms in total. The molecule has 6 heteroatoms. The molecule has 0 N–H and O–H groups in total. The van der Waals surface area contributed by atoms with Crippen LogP contribution in [0.2, 0.25) is 5.15 Å². The largest absolute Gasteiger partial charge is 0.356 e. The Morgan fingerprint density at radius 2 is 2.00 bits per heavy atom. The fourth-order valence-corrected chi connectivity index (χ4v) is 2.14. The third kappa shape index (κ3) is 4.41. The second kappa shape index (κ2) is 7.13. The molecule has 1 aromatic rings. The summed E-state index contributed by atoms with van der Waals surface area (Å²) in [6.45, 7) is 5.03. The minimum absolute atomic E-state index is 0.459. The molecule has 0 aliphatic rings. The van der Waals surface area contributed by atoms with E-state index in [1.54, 1.807) is 0 Å². The average Bonchev–Trinajstić information content (AvgIpc) is 2.28. The van der Waals surface area contributed by atoms with E-state index in [9.17, 15) is 0 Å². The van der Waals surface area contributed by atoms with Gasteiger partial charge in [-0.1, -0.05) is 11.6 Å². The van der Waals surface area contributed by atoms with E-state index in [1.807, 2.05) is 0 Å². The van der Waals surface area contributed by atoms with E-state index < -0.39 is 0 Å². The van der Waals surface area contributed by atoms with Gasteiger partial charge >= 0.3 is 0 Å². The molecule has 0 aromatic carbocycles. The summed E-state index contributed by atoms with van der Waals surface area (Å²) in [4.78, 5) is 12.6. The molecule has 0 fully saturated rings. The maximum absolute atomic E-state index is 5.97. The zero-order chi connectivity index (χ0) is 12.8. The van der Waals surface area contributed by atoms with Gasteiger partial charge in [-0.3, -0.25) is 0 Å². The lowest BCUT2D eigenvalue weighted by molar-refractivity contribution is 0.400. The third-order valence-corrected chi connectivity index (χ3v) is 3.69. The molecule has 1 rings (SSSR count). The highest BCUT2D eigenvalue weighted by Gasteiger charge is 2.12. The monoisotopic (exact) mass is 320 g/mol. The van der Waals surface area contributed by atoms with Crippen LogP contribution < -0.4 is 4.90 Å². The first-order chi connectivity index (χ1) is 8.06. The highest BCUT2D eigenvalue weighted by molar-refractivity contribution is 9.10. The van der Waals surface area contributed by atoms with Gasteiger partial charge in [-0.25, -0.2) is 9.97 Å². The Morgan fingerprint density at radius 1 is 1.29 bits per heavy atom. The Labute approximate surface area is 116 Å². The van der Waals surface area contributed by atoms with Gasteiger partial charge in [-0.15, -0.1) is 0 Å². The van der Waals surface area contributed by atoms with Crippen LogP contribution in [0.25, 0.3) is 0 Å². The summed E-state index contributed by atoms with van der Waals surface area (Å²) in [6.07, 6.45) is 2.59. The number of nitrogens with zero attached hydrogens (tertiary/aromatic N) is 4. The number of hydrogen-bond donors (Lipinski definition) is 0. The minimum atomic E-state index is 0.459. The summed E-state index contributed by atoms with van der Waals surface area (Å²) in [7, 11) is 4.15. The standard InChI is InChI=1S/C11H18BrClN4/c1-4-17(7-5-6-16(2)3)11-9(12)10(13)14-8-15-11/h8H,4-7H2,1-3H3. The van der Waals surface area contributed by atoms with E-state index in [1.165, 1.54) is 6.33 Å². The molecular weight excluding hydrogens is 304 g/mol. The maximum Gasteiger partial charge on any atom is 0.148 e. The fourth-order valence-electron chi connectivity index (χ4n) is 1.55. The van der Waals surface area contributed by atoms with Gasteiger partial charge in [0.25, 0.3) is 0 Å². The van der Waals surface area contributed by atoms with Crippen molar-refractivity contribution in [2.75, 3.05) is 38.6 Å². The Morgan fingerprint density at radius 3 is 2.59 bits per heavy atom. The summed E-state index contributed by atoms with van der Waals surface area (Å²) in [5.74, 6) is 0.867. The van der Waals surface area contributed by atoms with Gasteiger partial charge in [-0.2, -0.15) is 0 Å². The van der Waals surface area contributed by atoms with Crippen LogP contribution in [0.5, 0.6) is 0 Å². The molecule has 0 bridgehead atoms. The second-order valence-electron chi connectivity index (χ2n) is 4.04. The van der Waals surface area contributed by atoms with Gasteiger partial charge in [0.15, 0.2) is 0 Å². The molecule has 17 heavy (non-hydrogen) atoms. The van der Waals surface area contributed by atoms with Crippen LogP contribution in [-0.2, 0) is 0 Å². The van der Waals surface area contributed by atoms with E-state index in [0.29, 0.717) is 5.15 Å². The first-order valence-electron chi connectivity index (χ1n) is 5.62. The predicted molar refractivity (Wildman–Crippen MR) is 75.8 cm³/mol. The van der Waals surface area contributed by atoms with Crippen LogP contribution >= 0.6 is 27.5 Å². The van der Waals surface area contributed by atoms with E-state index >= 15 is 0 Å². The fraction of sp³-hybridized carbons (Fsp3) is 0.636. The minimum Gasteiger partial charge on any atom is -0.356 e. The number of anilines is 1. The Kier molecular flexibility index (Phi) is 6.16. The van der Waals surface area contributed by atoms with Gasteiger partial charge in [0.1, 0.15) is 17.3 Å². The molecule has 0 radical (unpaired) electrons. The summed E-state index contributed by atoms with van der Waals surface area (Å²) in [5.41, 5.74) is 0. The van der Waals surface area contributed by atoms with Gasteiger partial charge in [0.2, 0.25) is 0 Å². The lowest BCUT2D eigenvalue weighted by Gasteiger charge is -2.23. The molecule has 0 unspecified atom stereocenters. The van der Waals surface area contributed by atoms with Gasteiger partial charge < -0.3 is 9.80 Å². The molecule has 1 aromatic heterocycles. The summed E-state index contributed by atoms with van der Waals surface area (Å²) >= 11 is 9.40. The SMILES string of the molecule is CCN(CCCN(C)C)c1ncnc(Cl)c1Br. The van der Waals surface area contributed by atoms with Crippen LogP contribution in [0.4, 0.5) is 5.82 Å². The van der Waals surface area contributed by atoms with Gasteiger partial charge in [0.05, 0.1) is 4.47 Å². The highest BCUT2D eigenvalue weighted by Crippen LogP contribution is 2.28. The van der Waals surface area contributed by atoms with E-state index in [0.717, 1.165) is 36.3 Å². The van der Waals surface area contributed by atoms with Crippen molar-refractivity contribution in [3.8, 4) is 0 Å². The van der Waals surface area contributed by atoms with Crippen molar-refractivity contribution in [2.45, 2.75) is 13.3 Å². The van der Waals surface area contributed by atoms with Crippen molar-refractivity contribution in [2.24, 2.45) is 0 Å².